The molecule has 0 unspecified atom stereocenters. The van der Waals surface area contributed by atoms with Crippen LogP contribution in [0.15, 0.2) is 53.5 Å². The molecule has 0 aliphatic carbocycles. The first-order valence-corrected chi connectivity index (χ1v) is 10.7. The molecule has 0 radical (unpaired) electrons. The topological polar surface area (TPSA) is 75.3 Å². The zero-order chi connectivity index (χ0) is 20.8. The van der Waals surface area contributed by atoms with Gasteiger partial charge < -0.3 is 24.7 Å². The Balaban J connectivity index is 1.51. The molecule has 0 aromatic heterocycles. The second-order valence-corrected chi connectivity index (χ2v) is 8.23. The van der Waals surface area contributed by atoms with Gasteiger partial charge in [-0.05, 0) is 59.4 Å². The van der Waals surface area contributed by atoms with Crippen molar-refractivity contribution in [1.29, 1.82) is 0 Å². The van der Waals surface area contributed by atoms with Gasteiger partial charge in [0, 0.05) is 11.1 Å². The van der Waals surface area contributed by atoms with Crippen LogP contribution in [-0.2, 0) is 19.7 Å². The van der Waals surface area contributed by atoms with Crippen LogP contribution in [0, 0.1) is 0 Å². The number of rotatable bonds is 2. The average Bonchev–Trinajstić information content (AvgIpc) is 3.22. The van der Waals surface area contributed by atoms with Gasteiger partial charge in [0.2, 0.25) is 0 Å². The lowest BCUT2D eigenvalue weighted by atomic mass is 9.79. The Morgan fingerprint density at radius 1 is 0.806 bits per heavy atom. The van der Waals surface area contributed by atoms with E-state index in [4.69, 9.17) is 29.7 Å². The highest BCUT2D eigenvalue weighted by atomic mass is 16.5. The Morgan fingerprint density at radius 2 is 1.39 bits per heavy atom. The molecule has 4 aliphatic rings. The molecule has 6 heteroatoms. The number of amidine groups is 1. The molecule has 2 N–H and O–H groups in total. The molecule has 0 saturated heterocycles. The molecule has 31 heavy (non-hydrogen) atoms. The SMILES string of the molecule is NC1=NC2(CO1)c1cc(C3=CCOCC3)ccc1Oc1ccc(C3=CCOCC3)cc12. The maximum Gasteiger partial charge on any atom is 0.283 e. The van der Waals surface area contributed by atoms with Crippen molar-refractivity contribution in [2.24, 2.45) is 10.7 Å². The van der Waals surface area contributed by atoms with Crippen LogP contribution in [0.2, 0.25) is 0 Å². The smallest absolute Gasteiger partial charge is 0.283 e. The van der Waals surface area contributed by atoms with E-state index in [0.29, 0.717) is 19.8 Å². The van der Waals surface area contributed by atoms with Gasteiger partial charge in [-0.3, -0.25) is 0 Å². The van der Waals surface area contributed by atoms with Crippen LogP contribution in [-0.4, -0.2) is 39.1 Å². The highest BCUT2D eigenvalue weighted by molar-refractivity contribution is 5.79. The summed E-state index contributed by atoms with van der Waals surface area (Å²) in [7, 11) is 0. The van der Waals surface area contributed by atoms with Gasteiger partial charge in [0.25, 0.3) is 6.02 Å². The van der Waals surface area contributed by atoms with Gasteiger partial charge in [-0.2, -0.15) is 0 Å². The quantitative estimate of drug-likeness (QED) is 0.801. The zero-order valence-corrected chi connectivity index (χ0v) is 17.2. The van der Waals surface area contributed by atoms with Crippen LogP contribution in [0.3, 0.4) is 0 Å². The molecular weight excluding hydrogens is 392 g/mol. The second kappa shape index (κ2) is 7.25. The predicted octanol–water partition coefficient (Wildman–Crippen LogP) is 3.99. The van der Waals surface area contributed by atoms with Gasteiger partial charge in [0.05, 0.1) is 26.4 Å². The van der Waals surface area contributed by atoms with Crippen molar-refractivity contribution in [2.75, 3.05) is 33.0 Å². The minimum Gasteiger partial charge on any atom is -0.462 e. The van der Waals surface area contributed by atoms with Crippen molar-refractivity contribution >= 4 is 17.2 Å². The van der Waals surface area contributed by atoms with Crippen molar-refractivity contribution < 1.29 is 18.9 Å². The van der Waals surface area contributed by atoms with E-state index in [0.717, 1.165) is 59.8 Å². The molecule has 4 heterocycles. The van der Waals surface area contributed by atoms with Crippen LogP contribution in [0.4, 0.5) is 0 Å². The summed E-state index contributed by atoms with van der Waals surface area (Å²) in [5.41, 5.74) is 12.2. The van der Waals surface area contributed by atoms with E-state index >= 15 is 0 Å². The van der Waals surface area contributed by atoms with E-state index < -0.39 is 5.54 Å². The summed E-state index contributed by atoms with van der Waals surface area (Å²) < 4.78 is 23.0. The number of nitrogens with zero attached hydrogens (tertiary/aromatic N) is 1. The summed E-state index contributed by atoms with van der Waals surface area (Å²) in [6.07, 6.45) is 6.08. The number of nitrogens with two attached hydrogens (primary N) is 1. The third kappa shape index (κ3) is 3.06. The summed E-state index contributed by atoms with van der Waals surface area (Å²) in [5.74, 6) is 1.59. The zero-order valence-electron chi connectivity index (χ0n) is 17.2. The van der Waals surface area contributed by atoms with E-state index in [-0.39, 0.29) is 6.02 Å². The number of aliphatic imine (C=N–C) groups is 1. The van der Waals surface area contributed by atoms with Gasteiger partial charge in [-0.25, -0.2) is 4.99 Å². The van der Waals surface area contributed by atoms with Crippen molar-refractivity contribution in [3.05, 3.63) is 70.8 Å². The highest BCUT2D eigenvalue weighted by Gasteiger charge is 2.47. The van der Waals surface area contributed by atoms with Crippen LogP contribution in [0.1, 0.15) is 35.1 Å². The van der Waals surface area contributed by atoms with Gasteiger partial charge >= 0.3 is 0 Å². The largest absolute Gasteiger partial charge is 0.462 e. The Labute approximate surface area is 181 Å². The fraction of sp³-hybridized carbons (Fsp3) is 0.320. The molecule has 4 aliphatic heterocycles. The lowest BCUT2D eigenvalue weighted by molar-refractivity contribution is 0.161. The van der Waals surface area contributed by atoms with Crippen LogP contribution in [0.5, 0.6) is 11.5 Å². The fourth-order valence-electron chi connectivity index (χ4n) is 4.83. The summed E-state index contributed by atoms with van der Waals surface area (Å²) in [6.45, 7) is 3.13. The third-order valence-electron chi connectivity index (χ3n) is 6.47. The van der Waals surface area contributed by atoms with E-state index in [1.165, 1.54) is 11.1 Å². The molecular formula is C25H24N2O4. The average molecular weight is 416 g/mol. The molecule has 2 aromatic rings. The predicted molar refractivity (Wildman–Crippen MR) is 118 cm³/mol. The normalized spacial score (nSPS) is 21.2. The molecule has 0 saturated carbocycles. The molecule has 0 fully saturated rings. The lowest BCUT2D eigenvalue weighted by Crippen LogP contribution is -2.31. The number of benzene rings is 2. The lowest BCUT2D eigenvalue weighted by Gasteiger charge is -2.34. The Hall–Kier alpha value is -3.09. The fourth-order valence-corrected chi connectivity index (χ4v) is 4.83. The van der Waals surface area contributed by atoms with Crippen molar-refractivity contribution in [3.63, 3.8) is 0 Å². The Kier molecular flexibility index (Phi) is 4.37. The van der Waals surface area contributed by atoms with E-state index in [2.05, 4.69) is 36.4 Å². The Bertz CT molecular complexity index is 1070. The van der Waals surface area contributed by atoms with Crippen LogP contribution in [0.25, 0.3) is 11.1 Å². The molecule has 0 atom stereocenters. The maximum absolute atomic E-state index is 6.33. The minimum absolute atomic E-state index is 0.213. The van der Waals surface area contributed by atoms with E-state index in [1.54, 1.807) is 0 Å². The van der Waals surface area contributed by atoms with Crippen LogP contribution >= 0.6 is 0 Å². The summed E-state index contributed by atoms with van der Waals surface area (Å²) in [6, 6.07) is 12.9. The highest BCUT2D eigenvalue weighted by Crippen LogP contribution is 2.52. The number of hydrogen-bond acceptors (Lipinski definition) is 6. The van der Waals surface area contributed by atoms with Gasteiger partial charge in [0.15, 0.2) is 5.54 Å². The summed E-state index contributed by atoms with van der Waals surface area (Å²) in [5, 5.41) is 0. The number of hydrogen-bond donors (Lipinski definition) is 1. The van der Waals surface area contributed by atoms with Crippen molar-refractivity contribution in [2.45, 2.75) is 18.4 Å². The maximum atomic E-state index is 6.33. The van der Waals surface area contributed by atoms with E-state index in [9.17, 15) is 0 Å². The summed E-state index contributed by atoms with van der Waals surface area (Å²) in [4.78, 5) is 4.84. The number of ether oxygens (including phenoxy) is 4. The first-order valence-electron chi connectivity index (χ1n) is 10.7. The minimum atomic E-state index is -0.712. The standard InChI is InChI=1S/C25H24N2O4/c26-24-27-25(15-30-24)20-13-18(16-5-9-28-10-6-16)1-3-22(20)31-23-4-2-19(14-21(23)25)17-7-11-29-12-8-17/h1-5,7,13-14H,6,8-12,15H2,(H2,26,27). The molecule has 0 amide bonds. The molecule has 6 rings (SSSR count). The molecule has 1 spiro atoms. The Morgan fingerprint density at radius 3 is 1.84 bits per heavy atom. The second-order valence-electron chi connectivity index (χ2n) is 8.23. The van der Waals surface area contributed by atoms with Gasteiger partial charge in [0.1, 0.15) is 18.1 Å². The van der Waals surface area contributed by atoms with Crippen molar-refractivity contribution in [3.8, 4) is 11.5 Å². The monoisotopic (exact) mass is 416 g/mol. The van der Waals surface area contributed by atoms with Gasteiger partial charge in [-0.1, -0.05) is 24.3 Å². The van der Waals surface area contributed by atoms with Crippen molar-refractivity contribution in [1.82, 2.24) is 0 Å². The molecule has 6 nitrogen and oxygen atoms in total. The molecule has 0 bridgehead atoms. The third-order valence-corrected chi connectivity index (χ3v) is 6.47. The molecule has 158 valence electrons. The summed E-state index contributed by atoms with van der Waals surface area (Å²) >= 11 is 0. The first kappa shape index (κ1) is 18.7. The van der Waals surface area contributed by atoms with Crippen LogP contribution < -0.4 is 10.5 Å². The van der Waals surface area contributed by atoms with E-state index in [1.807, 2.05) is 12.1 Å². The van der Waals surface area contributed by atoms with Gasteiger partial charge in [-0.15, -0.1) is 0 Å². The number of fused-ring (bicyclic) bond motifs is 4. The first-order chi connectivity index (χ1) is 15.2. The molecule has 2 aromatic carbocycles.